The monoisotopic (exact) mass is 612 g/mol. The van der Waals surface area contributed by atoms with Crippen LogP contribution in [0.3, 0.4) is 0 Å². The maximum absolute atomic E-state index is 13.9. The Bertz CT molecular complexity index is 1660. The Labute approximate surface area is 236 Å². The number of fused-ring (bicyclic) bond motifs is 2. The number of carbonyl (C=O) groups is 2. The first kappa shape index (κ1) is 26.9. The van der Waals surface area contributed by atoms with E-state index >= 15 is 0 Å². The molecule has 1 aliphatic rings. The Morgan fingerprint density at radius 2 is 1.79 bits per heavy atom. The van der Waals surface area contributed by atoms with Crippen LogP contribution in [0, 0.1) is 6.92 Å². The van der Waals surface area contributed by atoms with E-state index in [-0.39, 0.29) is 33.4 Å². The summed E-state index contributed by atoms with van der Waals surface area (Å²) in [5, 5.41) is 0.578. The Kier molecular flexibility index (Phi) is 7.46. The lowest BCUT2D eigenvalue weighted by Gasteiger charge is -2.23. The number of ether oxygens (including phenoxy) is 3. The Balaban J connectivity index is 1.75. The van der Waals surface area contributed by atoms with Gasteiger partial charge in [0.2, 0.25) is 5.76 Å². The first-order valence-electron chi connectivity index (χ1n) is 12.4. The van der Waals surface area contributed by atoms with Crippen LogP contribution in [0.1, 0.15) is 63.9 Å². The van der Waals surface area contributed by atoms with Gasteiger partial charge >= 0.3 is 5.97 Å². The number of halogens is 1. The molecule has 9 nitrogen and oxygen atoms in total. The molecule has 1 unspecified atom stereocenters. The van der Waals surface area contributed by atoms with Crippen LogP contribution in [0.5, 0.6) is 11.5 Å². The summed E-state index contributed by atoms with van der Waals surface area (Å²) in [5.41, 5.74) is 1.16. The molecule has 2 aromatic carbocycles. The molecule has 1 amide bonds. The van der Waals surface area contributed by atoms with E-state index in [4.69, 9.17) is 18.6 Å². The van der Waals surface area contributed by atoms with Crippen molar-refractivity contribution in [3.63, 3.8) is 0 Å². The van der Waals surface area contributed by atoms with E-state index < -0.39 is 17.9 Å². The van der Waals surface area contributed by atoms with Gasteiger partial charge in [0, 0.05) is 4.47 Å². The quantitative estimate of drug-likeness (QED) is 0.221. The third kappa shape index (κ3) is 4.70. The number of benzene rings is 2. The molecule has 202 valence electrons. The fourth-order valence-electron chi connectivity index (χ4n) is 4.57. The average Bonchev–Trinajstić information content (AvgIpc) is 3.43. The molecule has 0 radical (unpaired) electrons. The van der Waals surface area contributed by atoms with E-state index in [2.05, 4.69) is 20.9 Å². The summed E-state index contributed by atoms with van der Waals surface area (Å²) in [6.45, 7) is 8.16. The SMILES string of the molecule is CCOC(=O)c1sc(N2C(=O)c3oc4ccc(Br)cc4c(=O)c3C2c2ccc(OCC)c(OCC)c2)nc1C. The number of thiazole rings is 1. The van der Waals surface area contributed by atoms with E-state index in [9.17, 15) is 14.4 Å². The number of amides is 1. The second-order valence-electron chi connectivity index (χ2n) is 8.60. The van der Waals surface area contributed by atoms with Gasteiger partial charge < -0.3 is 18.6 Å². The third-order valence-corrected chi connectivity index (χ3v) is 7.80. The van der Waals surface area contributed by atoms with Crippen LogP contribution >= 0.6 is 27.3 Å². The van der Waals surface area contributed by atoms with Crippen molar-refractivity contribution in [3.8, 4) is 11.5 Å². The van der Waals surface area contributed by atoms with Crippen LogP contribution in [0.25, 0.3) is 11.0 Å². The van der Waals surface area contributed by atoms with E-state index in [1.807, 2.05) is 13.8 Å². The summed E-state index contributed by atoms with van der Waals surface area (Å²) in [6.07, 6.45) is 0. The lowest BCUT2D eigenvalue weighted by Crippen LogP contribution is -2.29. The predicted molar refractivity (Wildman–Crippen MR) is 150 cm³/mol. The molecule has 5 rings (SSSR count). The lowest BCUT2D eigenvalue weighted by atomic mass is 9.98. The highest BCUT2D eigenvalue weighted by atomic mass is 79.9. The van der Waals surface area contributed by atoms with Crippen molar-refractivity contribution in [1.82, 2.24) is 4.98 Å². The zero-order valence-corrected chi connectivity index (χ0v) is 24.1. The minimum atomic E-state index is -0.886. The number of hydrogen-bond acceptors (Lipinski definition) is 9. The number of rotatable bonds is 8. The molecular weight excluding hydrogens is 588 g/mol. The maximum Gasteiger partial charge on any atom is 0.350 e. The van der Waals surface area contributed by atoms with E-state index in [0.717, 1.165) is 11.3 Å². The van der Waals surface area contributed by atoms with Gasteiger partial charge in [-0.25, -0.2) is 9.78 Å². The number of anilines is 1. The molecule has 3 heterocycles. The molecule has 0 saturated heterocycles. The van der Waals surface area contributed by atoms with Gasteiger partial charge in [-0.3, -0.25) is 14.5 Å². The van der Waals surface area contributed by atoms with Crippen LogP contribution < -0.4 is 19.8 Å². The number of aryl methyl sites for hydroxylation is 1. The van der Waals surface area contributed by atoms with Crippen LogP contribution in [0.2, 0.25) is 0 Å². The van der Waals surface area contributed by atoms with Gasteiger partial charge in [0.15, 0.2) is 22.1 Å². The molecule has 1 atom stereocenters. The summed E-state index contributed by atoms with van der Waals surface area (Å²) in [4.78, 5) is 46.6. The topological polar surface area (TPSA) is 108 Å². The smallest absolute Gasteiger partial charge is 0.350 e. The first-order valence-corrected chi connectivity index (χ1v) is 14.0. The van der Waals surface area contributed by atoms with Crippen molar-refractivity contribution in [2.24, 2.45) is 0 Å². The van der Waals surface area contributed by atoms with E-state index in [0.29, 0.717) is 51.4 Å². The van der Waals surface area contributed by atoms with Crippen molar-refractivity contribution in [1.29, 1.82) is 0 Å². The number of carbonyl (C=O) groups excluding carboxylic acids is 2. The highest BCUT2D eigenvalue weighted by Gasteiger charge is 2.45. The van der Waals surface area contributed by atoms with Gasteiger partial charge in [0.25, 0.3) is 5.91 Å². The molecule has 0 aliphatic carbocycles. The highest BCUT2D eigenvalue weighted by Crippen LogP contribution is 2.45. The fourth-order valence-corrected chi connectivity index (χ4v) is 5.92. The zero-order chi connectivity index (χ0) is 27.8. The normalized spacial score (nSPS) is 14.5. The standard InChI is InChI=1S/C28H25BrN2O7S/c1-5-35-19-10-8-15(12-20(19)36-6-2)22-21-23(32)17-13-16(29)9-11-18(17)38-24(21)26(33)31(22)28-30-14(4)25(39-28)27(34)37-7-3/h8-13,22H,5-7H2,1-4H3. The fraction of sp³-hybridized carbons (Fsp3) is 0.286. The third-order valence-electron chi connectivity index (χ3n) is 6.17. The Morgan fingerprint density at radius 3 is 2.51 bits per heavy atom. The van der Waals surface area contributed by atoms with E-state index in [1.165, 1.54) is 4.90 Å². The van der Waals surface area contributed by atoms with Crippen molar-refractivity contribution in [3.05, 3.63) is 78.6 Å². The van der Waals surface area contributed by atoms with Crippen LogP contribution in [-0.2, 0) is 4.74 Å². The molecule has 11 heteroatoms. The molecule has 2 aromatic heterocycles. The summed E-state index contributed by atoms with van der Waals surface area (Å²) in [6, 6.07) is 9.45. The Morgan fingerprint density at radius 1 is 1.05 bits per heavy atom. The van der Waals surface area contributed by atoms with Crippen LogP contribution in [0.4, 0.5) is 5.13 Å². The minimum absolute atomic E-state index is 0.0720. The summed E-state index contributed by atoms with van der Waals surface area (Å²) in [7, 11) is 0. The van der Waals surface area contributed by atoms with Crippen LogP contribution in [-0.4, -0.2) is 36.7 Å². The van der Waals surface area contributed by atoms with Crippen LogP contribution in [0.15, 0.2) is 50.1 Å². The molecule has 39 heavy (non-hydrogen) atoms. The van der Waals surface area contributed by atoms with Crippen molar-refractivity contribution >= 4 is 55.2 Å². The lowest BCUT2D eigenvalue weighted by molar-refractivity contribution is 0.0531. The van der Waals surface area contributed by atoms with Gasteiger partial charge in [-0.1, -0.05) is 33.3 Å². The van der Waals surface area contributed by atoms with Crippen molar-refractivity contribution in [2.45, 2.75) is 33.7 Å². The Hall–Kier alpha value is -3.70. The van der Waals surface area contributed by atoms with E-state index in [1.54, 1.807) is 50.2 Å². The summed E-state index contributed by atoms with van der Waals surface area (Å²) in [5.74, 6) is -0.106. The maximum atomic E-state index is 13.9. The molecule has 0 N–H and O–H groups in total. The van der Waals surface area contributed by atoms with Gasteiger partial charge in [0.1, 0.15) is 10.5 Å². The molecule has 0 spiro atoms. The molecule has 0 saturated carbocycles. The largest absolute Gasteiger partial charge is 0.490 e. The molecular formula is C28H25BrN2O7S. The molecule has 0 bridgehead atoms. The van der Waals surface area contributed by atoms with Crippen molar-refractivity contribution in [2.75, 3.05) is 24.7 Å². The average molecular weight is 613 g/mol. The number of aromatic nitrogens is 1. The molecule has 1 aliphatic heterocycles. The second-order valence-corrected chi connectivity index (χ2v) is 10.5. The summed E-state index contributed by atoms with van der Waals surface area (Å²) >= 11 is 4.44. The predicted octanol–water partition coefficient (Wildman–Crippen LogP) is 6.04. The van der Waals surface area contributed by atoms with Gasteiger partial charge in [-0.15, -0.1) is 0 Å². The molecule has 0 fully saturated rings. The van der Waals surface area contributed by atoms with Gasteiger partial charge in [-0.2, -0.15) is 0 Å². The number of hydrogen-bond donors (Lipinski definition) is 0. The minimum Gasteiger partial charge on any atom is -0.490 e. The number of nitrogens with zero attached hydrogens (tertiary/aromatic N) is 2. The van der Waals surface area contributed by atoms with Gasteiger partial charge in [-0.05, 0) is 63.6 Å². The highest BCUT2D eigenvalue weighted by molar-refractivity contribution is 9.10. The van der Waals surface area contributed by atoms with Crippen molar-refractivity contribution < 1.29 is 28.2 Å². The summed E-state index contributed by atoms with van der Waals surface area (Å²) < 4.78 is 23.5. The second kappa shape index (κ2) is 10.8. The first-order chi connectivity index (χ1) is 18.8. The molecule has 4 aromatic rings. The van der Waals surface area contributed by atoms with Gasteiger partial charge in [0.05, 0.1) is 42.5 Å². The zero-order valence-electron chi connectivity index (χ0n) is 21.7. The number of esters is 1.